The van der Waals surface area contributed by atoms with E-state index in [1.807, 2.05) is 19.1 Å². The normalized spacial score (nSPS) is 13.0. The van der Waals surface area contributed by atoms with Crippen LogP contribution >= 0.6 is 22.6 Å². The van der Waals surface area contributed by atoms with Crippen LogP contribution in [0.25, 0.3) is 0 Å². The number of aromatic hydroxyl groups is 1. The van der Waals surface area contributed by atoms with Crippen LogP contribution in [0.4, 0.5) is 10.5 Å². The Morgan fingerprint density at radius 2 is 1.86 bits per heavy atom. The molecule has 0 unspecified atom stereocenters. The van der Waals surface area contributed by atoms with E-state index in [2.05, 4.69) is 27.9 Å². The van der Waals surface area contributed by atoms with Crippen molar-refractivity contribution in [3.05, 3.63) is 69.3 Å². The van der Waals surface area contributed by atoms with E-state index in [1.165, 1.54) is 17.6 Å². The Hall–Kier alpha value is -2.59. The van der Waals surface area contributed by atoms with Gasteiger partial charge in [-0.1, -0.05) is 30.7 Å². The van der Waals surface area contributed by atoms with Crippen LogP contribution in [-0.4, -0.2) is 22.3 Å². The highest BCUT2D eigenvalue weighted by Gasteiger charge is 2.25. The summed E-state index contributed by atoms with van der Waals surface area (Å²) in [5, 5.41) is 21.5. The molecule has 2 amide bonds. The van der Waals surface area contributed by atoms with Gasteiger partial charge in [0.05, 0.1) is 0 Å². The molecule has 0 heterocycles. The zero-order chi connectivity index (χ0) is 20.7. The number of carbonyl (C=O) groups is 2. The van der Waals surface area contributed by atoms with E-state index in [4.69, 9.17) is 9.94 Å². The first-order chi connectivity index (χ1) is 13.3. The van der Waals surface area contributed by atoms with E-state index in [0.29, 0.717) is 11.3 Å². The van der Waals surface area contributed by atoms with Crippen molar-refractivity contribution in [3.63, 3.8) is 0 Å². The van der Waals surface area contributed by atoms with Crippen molar-refractivity contribution in [2.24, 2.45) is 5.92 Å². The maximum atomic E-state index is 12.4. The molecule has 2 aromatic carbocycles. The van der Waals surface area contributed by atoms with Crippen molar-refractivity contribution in [1.82, 2.24) is 5.48 Å². The van der Waals surface area contributed by atoms with E-state index in [-0.39, 0.29) is 5.75 Å². The lowest BCUT2D eigenvalue weighted by Gasteiger charge is -2.23. The molecule has 0 radical (unpaired) electrons. The van der Waals surface area contributed by atoms with Crippen molar-refractivity contribution in [2.75, 3.05) is 5.32 Å². The van der Waals surface area contributed by atoms with Gasteiger partial charge in [-0.3, -0.25) is 15.3 Å². The Labute approximate surface area is 176 Å². The van der Waals surface area contributed by atoms with Crippen LogP contribution in [-0.2, 0) is 9.53 Å². The van der Waals surface area contributed by atoms with Gasteiger partial charge in [0.2, 0.25) is 0 Å². The maximum Gasteiger partial charge on any atom is 0.412 e. The topological polar surface area (TPSA) is 108 Å². The molecule has 2 rings (SSSR count). The molecule has 0 saturated heterocycles. The first kappa shape index (κ1) is 21.7. The van der Waals surface area contributed by atoms with Crippen LogP contribution in [0.15, 0.2) is 54.6 Å². The predicted molar refractivity (Wildman–Crippen MR) is 113 cm³/mol. The lowest BCUT2D eigenvalue weighted by Crippen LogP contribution is -2.22. The van der Waals surface area contributed by atoms with Crippen LogP contribution in [0, 0.1) is 16.4 Å². The highest BCUT2D eigenvalue weighted by atomic mass is 127. The minimum Gasteiger partial charge on any atom is -0.508 e. The van der Waals surface area contributed by atoms with E-state index in [1.54, 1.807) is 31.2 Å². The number of nitrogens with one attached hydrogen (secondary N) is 2. The van der Waals surface area contributed by atoms with E-state index in [0.717, 1.165) is 15.2 Å². The molecule has 0 aliphatic heterocycles. The fourth-order valence-electron chi connectivity index (χ4n) is 2.48. The molecule has 8 heteroatoms. The van der Waals surface area contributed by atoms with Crippen LogP contribution in [0.2, 0.25) is 0 Å². The van der Waals surface area contributed by atoms with Crippen LogP contribution in [0.5, 0.6) is 5.75 Å². The zero-order valence-electron chi connectivity index (χ0n) is 15.3. The van der Waals surface area contributed by atoms with Crippen LogP contribution in [0.1, 0.15) is 24.2 Å². The summed E-state index contributed by atoms with van der Waals surface area (Å²) < 4.78 is 6.42. The summed E-state index contributed by atoms with van der Waals surface area (Å²) in [7, 11) is 0. The molecule has 0 aromatic heterocycles. The van der Waals surface area contributed by atoms with Crippen molar-refractivity contribution in [1.29, 1.82) is 0 Å². The highest BCUT2D eigenvalue weighted by molar-refractivity contribution is 14.1. The van der Waals surface area contributed by atoms with Gasteiger partial charge >= 0.3 is 6.09 Å². The minimum atomic E-state index is -0.858. The molecule has 148 valence electrons. The number of amides is 2. The minimum absolute atomic E-state index is 0.0274. The number of hydroxylamine groups is 1. The molecule has 0 spiro atoms. The molecule has 0 saturated carbocycles. The highest BCUT2D eigenvalue weighted by Crippen LogP contribution is 2.34. The van der Waals surface area contributed by atoms with Gasteiger partial charge in [-0.2, -0.15) is 0 Å². The lowest BCUT2D eigenvalue weighted by molar-refractivity contribution is -0.124. The second kappa shape index (κ2) is 10.1. The first-order valence-electron chi connectivity index (χ1n) is 8.45. The second-order valence-electron chi connectivity index (χ2n) is 6.21. The lowest BCUT2D eigenvalue weighted by atomic mass is 9.96. The van der Waals surface area contributed by atoms with Crippen molar-refractivity contribution in [3.8, 4) is 5.75 Å². The summed E-state index contributed by atoms with van der Waals surface area (Å²) in [6.45, 7) is 3.67. The van der Waals surface area contributed by atoms with Crippen molar-refractivity contribution >= 4 is 40.3 Å². The van der Waals surface area contributed by atoms with Gasteiger partial charge in [0.1, 0.15) is 11.9 Å². The van der Waals surface area contributed by atoms with Gasteiger partial charge in [-0.15, -0.1) is 0 Å². The summed E-state index contributed by atoms with van der Waals surface area (Å²) in [5.41, 5.74) is 3.54. The monoisotopic (exact) mass is 496 g/mol. The average molecular weight is 496 g/mol. The molecule has 0 aliphatic carbocycles. The quantitative estimate of drug-likeness (QED) is 0.207. The average Bonchev–Trinajstić information content (AvgIpc) is 2.67. The molecular formula is C20H21IN2O5. The van der Waals surface area contributed by atoms with Gasteiger partial charge in [0, 0.05) is 26.8 Å². The first-order valence-corrected chi connectivity index (χ1v) is 9.53. The smallest absolute Gasteiger partial charge is 0.412 e. The number of hydrogen-bond acceptors (Lipinski definition) is 5. The Morgan fingerprint density at radius 3 is 2.50 bits per heavy atom. The molecule has 4 N–H and O–H groups in total. The summed E-state index contributed by atoms with van der Waals surface area (Å²) >= 11 is 2.09. The Balaban J connectivity index is 2.25. The van der Waals surface area contributed by atoms with Gasteiger partial charge in [0.25, 0.3) is 5.91 Å². The summed E-state index contributed by atoms with van der Waals surface area (Å²) in [4.78, 5) is 23.7. The van der Waals surface area contributed by atoms with E-state index >= 15 is 0 Å². The largest absolute Gasteiger partial charge is 0.508 e. The number of ether oxygens (including phenoxy) is 1. The fraction of sp³-hybridized carbons (Fsp3) is 0.200. The standard InChI is InChI=1S/C20H21IN2O5/c1-12-3-7-15(8-4-12)22-20(26)28-19(13(2)5-10-18(25)23-27)16-11-14(21)6-9-17(16)24/h3-11,13,19,24,27H,1-2H3,(H,22,26)(H,23,25)/b10-5+/t13-,19+/m1/s1. The van der Waals surface area contributed by atoms with Gasteiger partial charge in [-0.25, -0.2) is 10.3 Å². The van der Waals surface area contributed by atoms with Crippen molar-refractivity contribution < 1.29 is 24.6 Å². The molecule has 2 atom stereocenters. The third kappa shape index (κ3) is 6.24. The molecule has 0 bridgehead atoms. The molecule has 0 fully saturated rings. The molecule has 0 aliphatic rings. The number of hydrogen-bond donors (Lipinski definition) is 4. The SMILES string of the molecule is Cc1ccc(NC(=O)O[C@H](c2cc(I)ccc2O)[C@H](C)/C=C/C(=O)NO)cc1. The van der Waals surface area contributed by atoms with Crippen LogP contribution < -0.4 is 10.8 Å². The number of carbonyl (C=O) groups excluding carboxylic acids is 2. The summed E-state index contributed by atoms with van der Waals surface area (Å²) in [6.07, 6.45) is 1.06. The molecule has 2 aromatic rings. The van der Waals surface area contributed by atoms with Crippen LogP contribution in [0.3, 0.4) is 0 Å². The molecule has 7 nitrogen and oxygen atoms in total. The number of anilines is 1. The number of phenolic OH excluding ortho intramolecular Hbond substituents is 1. The number of benzene rings is 2. The van der Waals surface area contributed by atoms with Gasteiger partial charge in [0.15, 0.2) is 0 Å². The molecular weight excluding hydrogens is 475 g/mol. The Morgan fingerprint density at radius 1 is 1.18 bits per heavy atom. The number of rotatable bonds is 6. The summed E-state index contributed by atoms with van der Waals surface area (Å²) in [5.74, 6) is -1.20. The number of aryl methyl sites for hydroxylation is 1. The van der Waals surface area contributed by atoms with E-state index < -0.39 is 24.0 Å². The Bertz CT molecular complexity index is 867. The van der Waals surface area contributed by atoms with Gasteiger partial charge < -0.3 is 9.84 Å². The maximum absolute atomic E-state index is 12.4. The Kier molecular flexibility index (Phi) is 7.82. The molecule has 28 heavy (non-hydrogen) atoms. The second-order valence-corrected chi connectivity index (χ2v) is 7.46. The third-order valence-electron chi connectivity index (χ3n) is 3.97. The number of halogens is 1. The summed E-state index contributed by atoms with van der Waals surface area (Å²) in [6, 6.07) is 12.2. The fourth-order valence-corrected chi connectivity index (χ4v) is 3.00. The number of phenols is 1. The van der Waals surface area contributed by atoms with Gasteiger partial charge in [-0.05, 0) is 59.8 Å². The predicted octanol–water partition coefficient (Wildman–Crippen LogP) is 4.29. The van der Waals surface area contributed by atoms with Crippen molar-refractivity contribution in [2.45, 2.75) is 20.0 Å². The van der Waals surface area contributed by atoms with E-state index in [9.17, 15) is 14.7 Å². The third-order valence-corrected chi connectivity index (χ3v) is 4.64. The zero-order valence-corrected chi connectivity index (χ0v) is 17.5.